The van der Waals surface area contributed by atoms with E-state index in [0.29, 0.717) is 0 Å². The molecule has 0 spiro atoms. The first-order valence-corrected chi connectivity index (χ1v) is 5.45. The van der Waals surface area contributed by atoms with Crippen LogP contribution in [0, 0.1) is 23.3 Å². The maximum atomic E-state index is 13.7. The van der Waals surface area contributed by atoms with Gasteiger partial charge >= 0.3 is 0 Å². The molecule has 102 valence electrons. The van der Waals surface area contributed by atoms with E-state index in [1.54, 1.807) is 6.07 Å². The number of nitrogens with one attached hydrogen (secondary N) is 1. The van der Waals surface area contributed by atoms with E-state index >= 15 is 0 Å². The molecular formula is C13H5F4NO2. The minimum Gasteiger partial charge on any atom is -0.451 e. The number of carbonyl (C=O) groups excluding carboxylic acids is 1. The summed E-state index contributed by atoms with van der Waals surface area (Å²) in [6.07, 6.45) is 0. The zero-order valence-electron chi connectivity index (χ0n) is 9.64. The normalized spacial score (nSPS) is 12.9. The maximum Gasteiger partial charge on any atom is 0.262 e. The number of carbonyl (C=O) groups is 1. The van der Waals surface area contributed by atoms with Crippen molar-refractivity contribution in [2.75, 3.05) is 5.32 Å². The molecule has 0 fully saturated rings. The van der Waals surface area contributed by atoms with Gasteiger partial charge in [-0.05, 0) is 12.1 Å². The number of ether oxygens (including phenoxy) is 1. The van der Waals surface area contributed by atoms with Gasteiger partial charge in [0.15, 0.2) is 23.1 Å². The zero-order valence-corrected chi connectivity index (χ0v) is 9.64. The van der Waals surface area contributed by atoms with E-state index in [2.05, 4.69) is 5.32 Å². The summed E-state index contributed by atoms with van der Waals surface area (Å²) < 4.78 is 58.8. The van der Waals surface area contributed by atoms with Gasteiger partial charge in [-0.3, -0.25) is 4.79 Å². The quantitative estimate of drug-likeness (QED) is 0.456. The molecule has 0 saturated carbocycles. The molecule has 1 N–H and O–H groups in total. The number of hydrogen-bond acceptors (Lipinski definition) is 2. The fourth-order valence-electron chi connectivity index (χ4n) is 1.86. The second kappa shape index (κ2) is 4.22. The van der Waals surface area contributed by atoms with Crippen molar-refractivity contribution in [1.82, 2.24) is 0 Å². The summed E-state index contributed by atoms with van der Waals surface area (Å²) in [5.74, 6) is -9.78. The number of para-hydroxylation sites is 2. The maximum absolute atomic E-state index is 13.7. The largest absolute Gasteiger partial charge is 0.451 e. The topological polar surface area (TPSA) is 38.3 Å². The van der Waals surface area contributed by atoms with Crippen LogP contribution >= 0.6 is 0 Å². The third-order valence-electron chi connectivity index (χ3n) is 2.80. The Bertz CT molecular complexity index is 746. The summed E-state index contributed by atoms with van der Waals surface area (Å²) in [6, 6.07) is 5.85. The molecule has 0 saturated heterocycles. The minimum atomic E-state index is -2.06. The Morgan fingerprint density at radius 2 is 1.55 bits per heavy atom. The zero-order chi connectivity index (χ0) is 14.4. The van der Waals surface area contributed by atoms with Crippen LogP contribution in [0.15, 0.2) is 24.3 Å². The number of rotatable bonds is 0. The van der Waals surface area contributed by atoms with Gasteiger partial charge in [-0.25, -0.2) is 13.2 Å². The van der Waals surface area contributed by atoms with Gasteiger partial charge in [-0.15, -0.1) is 0 Å². The van der Waals surface area contributed by atoms with Gasteiger partial charge in [0.1, 0.15) is 5.56 Å². The average Bonchev–Trinajstić information content (AvgIpc) is 2.58. The van der Waals surface area contributed by atoms with E-state index in [9.17, 15) is 22.4 Å². The summed E-state index contributed by atoms with van der Waals surface area (Å²) >= 11 is 0. The molecule has 1 heterocycles. The summed E-state index contributed by atoms with van der Waals surface area (Å²) in [4.78, 5) is 11.8. The van der Waals surface area contributed by atoms with Crippen LogP contribution in [0.3, 0.4) is 0 Å². The predicted octanol–water partition coefficient (Wildman–Crippen LogP) is 3.60. The Labute approximate surface area is 109 Å². The van der Waals surface area contributed by atoms with E-state index in [-0.39, 0.29) is 11.4 Å². The summed E-state index contributed by atoms with van der Waals surface area (Å²) in [5, 5.41) is 2.23. The standard InChI is InChI=1S/C13H5F4NO2/c14-8-7-12(11(17)10(16)9(8)15)20-6-4-2-1-3-5(6)18-13(7)19/h1-4H,(H,18,19). The number of hydrogen-bond donors (Lipinski definition) is 1. The van der Waals surface area contributed by atoms with Crippen molar-refractivity contribution in [1.29, 1.82) is 0 Å². The molecule has 0 aromatic heterocycles. The van der Waals surface area contributed by atoms with Crippen LogP contribution < -0.4 is 10.1 Å². The second-order valence-electron chi connectivity index (χ2n) is 4.01. The Kier molecular flexibility index (Phi) is 2.63. The minimum absolute atomic E-state index is 0.0103. The molecule has 0 radical (unpaired) electrons. The van der Waals surface area contributed by atoms with Gasteiger partial charge < -0.3 is 10.1 Å². The molecule has 1 aliphatic heterocycles. The molecule has 1 amide bonds. The van der Waals surface area contributed by atoms with Gasteiger partial charge in [-0.2, -0.15) is 4.39 Å². The first-order valence-electron chi connectivity index (χ1n) is 5.45. The molecule has 1 aliphatic rings. The lowest BCUT2D eigenvalue weighted by atomic mass is 10.1. The highest BCUT2D eigenvalue weighted by molar-refractivity contribution is 6.08. The SMILES string of the molecule is O=C1Nc2ccccc2Oc2c(F)c(F)c(F)c(F)c21. The molecule has 3 rings (SSSR count). The smallest absolute Gasteiger partial charge is 0.262 e. The van der Waals surface area contributed by atoms with Crippen LogP contribution in [-0.2, 0) is 0 Å². The molecule has 0 unspecified atom stereocenters. The molecule has 0 bridgehead atoms. The van der Waals surface area contributed by atoms with Crippen LogP contribution in [0.2, 0.25) is 0 Å². The molecule has 2 aromatic carbocycles. The fraction of sp³-hybridized carbons (Fsp3) is 0. The van der Waals surface area contributed by atoms with Crippen LogP contribution in [0.5, 0.6) is 11.5 Å². The molecule has 0 atom stereocenters. The fourth-order valence-corrected chi connectivity index (χ4v) is 1.86. The third kappa shape index (κ3) is 1.63. The number of benzene rings is 2. The van der Waals surface area contributed by atoms with E-state index in [0.717, 1.165) is 0 Å². The van der Waals surface area contributed by atoms with E-state index < -0.39 is 40.5 Å². The van der Waals surface area contributed by atoms with Gasteiger partial charge in [0, 0.05) is 0 Å². The van der Waals surface area contributed by atoms with E-state index in [1.165, 1.54) is 18.2 Å². The predicted molar refractivity (Wildman–Crippen MR) is 60.7 cm³/mol. The van der Waals surface area contributed by atoms with Crippen molar-refractivity contribution in [2.45, 2.75) is 0 Å². The summed E-state index contributed by atoms with van der Waals surface area (Å²) in [7, 11) is 0. The van der Waals surface area contributed by atoms with Crippen molar-refractivity contribution in [3.05, 3.63) is 53.1 Å². The second-order valence-corrected chi connectivity index (χ2v) is 4.01. The first kappa shape index (κ1) is 12.5. The van der Waals surface area contributed by atoms with Gasteiger partial charge in [0.05, 0.1) is 5.69 Å². The molecule has 0 aliphatic carbocycles. The Hall–Kier alpha value is -2.57. The molecule has 3 nitrogen and oxygen atoms in total. The summed E-state index contributed by atoms with van der Waals surface area (Å²) in [5.41, 5.74) is -0.883. The van der Waals surface area contributed by atoms with Gasteiger partial charge in [0.2, 0.25) is 11.6 Å². The van der Waals surface area contributed by atoms with E-state index in [4.69, 9.17) is 4.74 Å². The average molecular weight is 283 g/mol. The first-order chi connectivity index (χ1) is 9.50. The van der Waals surface area contributed by atoms with Crippen molar-refractivity contribution in [3.63, 3.8) is 0 Å². The van der Waals surface area contributed by atoms with Crippen molar-refractivity contribution >= 4 is 11.6 Å². The molecule has 2 aromatic rings. The third-order valence-corrected chi connectivity index (χ3v) is 2.80. The van der Waals surface area contributed by atoms with Crippen LogP contribution in [0.25, 0.3) is 0 Å². The van der Waals surface area contributed by atoms with Gasteiger partial charge in [-0.1, -0.05) is 12.1 Å². The van der Waals surface area contributed by atoms with Crippen molar-refractivity contribution in [3.8, 4) is 11.5 Å². The molecular weight excluding hydrogens is 278 g/mol. The lowest BCUT2D eigenvalue weighted by molar-refractivity contribution is 0.102. The Morgan fingerprint density at radius 3 is 2.30 bits per heavy atom. The lowest BCUT2D eigenvalue weighted by Gasteiger charge is -2.09. The highest BCUT2D eigenvalue weighted by Gasteiger charge is 2.33. The lowest BCUT2D eigenvalue weighted by Crippen LogP contribution is -2.15. The van der Waals surface area contributed by atoms with Crippen molar-refractivity contribution < 1.29 is 27.1 Å². The highest BCUT2D eigenvalue weighted by atomic mass is 19.2. The number of anilines is 1. The number of fused-ring (bicyclic) bond motifs is 2. The Balaban J connectivity index is 2.32. The monoisotopic (exact) mass is 283 g/mol. The number of amides is 1. The molecule has 20 heavy (non-hydrogen) atoms. The van der Waals surface area contributed by atoms with Crippen LogP contribution in [0.4, 0.5) is 23.2 Å². The Morgan fingerprint density at radius 1 is 0.900 bits per heavy atom. The molecule has 7 heteroatoms. The van der Waals surface area contributed by atoms with Gasteiger partial charge in [0.25, 0.3) is 5.91 Å². The van der Waals surface area contributed by atoms with Crippen LogP contribution in [0.1, 0.15) is 10.4 Å². The number of halogens is 4. The highest BCUT2D eigenvalue weighted by Crippen LogP contribution is 2.39. The summed E-state index contributed by atoms with van der Waals surface area (Å²) in [6.45, 7) is 0. The van der Waals surface area contributed by atoms with Crippen LogP contribution in [-0.4, -0.2) is 5.91 Å². The van der Waals surface area contributed by atoms with Crippen molar-refractivity contribution in [2.24, 2.45) is 0 Å². The van der Waals surface area contributed by atoms with E-state index in [1.807, 2.05) is 0 Å².